The Hall–Kier alpha value is -1.20. The van der Waals surface area contributed by atoms with Crippen LogP contribution in [-0.4, -0.2) is 18.4 Å². The maximum absolute atomic E-state index is 12.4. The maximum Gasteiger partial charge on any atom is 0.435 e. The number of halogens is 3. The lowest BCUT2D eigenvalue weighted by Crippen LogP contribution is -2.30. The van der Waals surface area contributed by atoms with Gasteiger partial charge >= 0.3 is 6.18 Å². The summed E-state index contributed by atoms with van der Waals surface area (Å²) in [6.07, 6.45) is -3.86. The standard InChI is InChI=1S/C9H16F3N3/c1-8(2,3)5-15-7(6(14)4-13)9(10,11)12/h4H,5,13-14H2,1-3H3. The summed E-state index contributed by atoms with van der Waals surface area (Å²) in [4.78, 5) is 3.46. The minimum atomic E-state index is -4.56. The highest BCUT2D eigenvalue weighted by atomic mass is 19.4. The number of nitrogens with two attached hydrogens (primary N) is 2. The summed E-state index contributed by atoms with van der Waals surface area (Å²) in [7, 11) is 0. The van der Waals surface area contributed by atoms with Crippen LogP contribution in [0.25, 0.3) is 0 Å². The molecule has 0 fully saturated rings. The topological polar surface area (TPSA) is 64.4 Å². The first-order valence-electron chi connectivity index (χ1n) is 4.37. The van der Waals surface area contributed by atoms with Crippen LogP contribution in [0, 0.1) is 5.41 Å². The van der Waals surface area contributed by atoms with Crippen molar-refractivity contribution in [3.63, 3.8) is 0 Å². The summed E-state index contributed by atoms with van der Waals surface area (Å²) >= 11 is 0. The van der Waals surface area contributed by atoms with E-state index in [0.29, 0.717) is 6.20 Å². The van der Waals surface area contributed by atoms with Gasteiger partial charge in [-0.3, -0.25) is 4.99 Å². The van der Waals surface area contributed by atoms with Gasteiger partial charge in [0, 0.05) is 12.7 Å². The fourth-order valence-electron chi connectivity index (χ4n) is 0.740. The summed E-state index contributed by atoms with van der Waals surface area (Å²) in [6.45, 7) is 5.39. The molecule has 0 amide bonds. The van der Waals surface area contributed by atoms with Crippen molar-refractivity contribution >= 4 is 5.71 Å². The monoisotopic (exact) mass is 223 g/mol. The van der Waals surface area contributed by atoms with Crippen molar-refractivity contribution in [2.24, 2.45) is 21.9 Å². The summed E-state index contributed by atoms with van der Waals surface area (Å²) in [5, 5.41) is 0. The highest BCUT2D eigenvalue weighted by Gasteiger charge is 2.37. The molecule has 0 aliphatic rings. The van der Waals surface area contributed by atoms with Gasteiger partial charge in [-0.25, -0.2) is 0 Å². The van der Waals surface area contributed by atoms with Crippen molar-refractivity contribution in [1.29, 1.82) is 0 Å². The molecule has 0 rings (SSSR count). The number of nitrogens with zero attached hydrogens (tertiary/aromatic N) is 1. The predicted molar refractivity (Wildman–Crippen MR) is 54.3 cm³/mol. The molecule has 0 aromatic carbocycles. The second-order valence-electron chi connectivity index (χ2n) is 4.35. The fraction of sp³-hybridized carbons (Fsp3) is 0.667. The van der Waals surface area contributed by atoms with Gasteiger partial charge in [0.05, 0.1) is 5.70 Å². The van der Waals surface area contributed by atoms with Gasteiger partial charge in [-0.05, 0) is 5.41 Å². The van der Waals surface area contributed by atoms with Crippen molar-refractivity contribution < 1.29 is 13.2 Å². The average Bonchev–Trinajstić information content (AvgIpc) is 1.99. The Morgan fingerprint density at radius 1 is 1.27 bits per heavy atom. The normalized spacial score (nSPS) is 15.6. The van der Waals surface area contributed by atoms with Crippen molar-refractivity contribution in [3.8, 4) is 0 Å². The summed E-state index contributed by atoms with van der Waals surface area (Å²) < 4.78 is 37.3. The van der Waals surface area contributed by atoms with Crippen LogP contribution in [0.15, 0.2) is 16.9 Å². The molecule has 0 aromatic heterocycles. The second kappa shape index (κ2) is 4.55. The van der Waals surface area contributed by atoms with Crippen molar-refractivity contribution in [2.75, 3.05) is 6.54 Å². The van der Waals surface area contributed by atoms with E-state index in [1.165, 1.54) is 0 Å². The molecule has 0 bridgehead atoms. The van der Waals surface area contributed by atoms with Crippen LogP contribution in [0.5, 0.6) is 0 Å². The lowest BCUT2D eigenvalue weighted by Gasteiger charge is -2.17. The Kier molecular flexibility index (Phi) is 4.18. The molecule has 0 aromatic rings. The molecule has 0 radical (unpaired) electrons. The van der Waals surface area contributed by atoms with Gasteiger partial charge in [0.2, 0.25) is 0 Å². The van der Waals surface area contributed by atoms with Gasteiger partial charge in [-0.1, -0.05) is 20.8 Å². The number of aliphatic imine (C=N–C) groups is 1. The fourth-order valence-corrected chi connectivity index (χ4v) is 0.740. The minimum absolute atomic E-state index is 0.0381. The molecule has 0 heterocycles. The summed E-state index contributed by atoms with van der Waals surface area (Å²) in [5.41, 5.74) is 8.07. The van der Waals surface area contributed by atoms with E-state index in [4.69, 9.17) is 11.5 Å². The van der Waals surface area contributed by atoms with E-state index in [1.807, 2.05) is 0 Å². The van der Waals surface area contributed by atoms with E-state index in [9.17, 15) is 13.2 Å². The van der Waals surface area contributed by atoms with Crippen LogP contribution in [0.2, 0.25) is 0 Å². The van der Waals surface area contributed by atoms with Crippen LogP contribution in [0.3, 0.4) is 0 Å². The molecule has 0 unspecified atom stereocenters. The van der Waals surface area contributed by atoms with E-state index in [0.717, 1.165) is 0 Å². The molecule has 0 saturated heterocycles. The van der Waals surface area contributed by atoms with Crippen molar-refractivity contribution in [3.05, 3.63) is 11.9 Å². The van der Waals surface area contributed by atoms with Crippen LogP contribution in [-0.2, 0) is 0 Å². The zero-order chi connectivity index (χ0) is 12.3. The molecule has 0 aliphatic carbocycles. The molecule has 6 heteroatoms. The first kappa shape index (κ1) is 13.8. The van der Waals surface area contributed by atoms with E-state index in [2.05, 4.69) is 4.99 Å². The molecule has 4 N–H and O–H groups in total. The number of hydrogen-bond acceptors (Lipinski definition) is 3. The number of rotatable bonds is 2. The zero-order valence-corrected chi connectivity index (χ0v) is 9.02. The second-order valence-corrected chi connectivity index (χ2v) is 4.35. The Morgan fingerprint density at radius 3 is 2.00 bits per heavy atom. The smallest absolute Gasteiger partial charge is 0.403 e. The zero-order valence-electron chi connectivity index (χ0n) is 9.02. The molecule has 0 spiro atoms. The van der Waals surface area contributed by atoms with Gasteiger partial charge < -0.3 is 11.5 Å². The highest BCUT2D eigenvalue weighted by Crippen LogP contribution is 2.22. The molecule has 0 saturated carbocycles. The van der Waals surface area contributed by atoms with E-state index in [1.54, 1.807) is 20.8 Å². The summed E-state index contributed by atoms with van der Waals surface area (Å²) in [5.74, 6) is 0. The summed E-state index contributed by atoms with van der Waals surface area (Å²) in [6, 6.07) is 0. The van der Waals surface area contributed by atoms with E-state index >= 15 is 0 Å². The third-order valence-electron chi connectivity index (χ3n) is 1.43. The number of alkyl halides is 3. The first-order chi connectivity index (χ1) is 6.58. The number of allylic oxidation sites excluding steroid dienone is 1. The van der Waals surface area contributed by atoms with Crippen LogP contribution in [0.1, 0.15) is 20.8 Å². The van der Waals surface area contributed by atoms with Gasteiger partial charge in [0.25, 0.3) is 0 Å². The van der Waals surface area contributed by atoms with Crippen molar-refractivity contribution in [1.82, 2.24) is 0 Å². The average molecular weight is 223 g/mol. The Balaban J connectivity index is 4.98. The van der Waals surface area contributed by atoms with Gasteiger partial charge in [0.1, 0.15) is 0 Å². The maximum atomic E-state index is 12.4. The van der Waals surface area contributed by atoms with Gasteiger partial charge in [-0.2, -0.15) is 13.2 Å². The quantitative estimate of drug-likeness (QED) is 0.701. The van der Waals surface area contributed by atoms with Gasteiger partial charge in [-0.15, -0.1) is 0 Å². The molecule has 88 valence electrons. The SMILES string of the molecule is CC(C)(C)CN=C(C(N)=CN)C(F)(F)F. The Bertz CT molecular complexity index is 271. The number of hydrogen-bond donors (Lipinski definition) is 2. The van der Waals surface area contributed by atoms with E-state index < -0.39 is 17.6 Å². The molecule has 3 nitrogen and oxygen atoms in total. The molecular weight excluding hydrogens is 207 g/mol. The first-order valence-corrected chi connectivity index (χ1v) is 4.37. The molecular formula is C9H16F3N3. The van der Waals surface area contributed by atoms with Crippen LogP contribution < -0.4 is 11.5 Å². The van der Waals surface area contributed by atoms with Gasteiger partial charge in [0.15, 0.2) is 5.71 Å². The molecule has 0 atom stereocenters. The molecule has 15 heavy (non-hydrogen) atoms. The van der Waals surface area contributed by atoms with E-state index in [-0.39, 0.29) is 12.0 Å². The lowest BCUT2D eigenvalue weighted by atomic mass is 9.97. The lowest BCUT2D eigenvalue weighted by molar-refractivity contribution is -0.0585. The Labute approximate surface area is 87.0 Å². The predicted octanol–water partition coefficient (Wildman–Crippen LogP) is 1.79. The van der Waals surface area contributed by atoms with Crippen LogP contribution in [0.4, 0.5) is 13.2 Å². The minimum Gasteiger partial charge on any atom is -0.403 e. The molecule has 0 aliphatic heterocycles. The third kappa shape index (κ3) is 5.29. The largest absolute Gasteiger partial charge is 0.435 e. The highest BCUT2D eigenvalue weighted by molar-refractivity contribution is 6.03. The van der Waals surface area contributed by atoms with Crippen LogP contribution >= 0.6 is 0 Å². The van der Waals surface area contributed by atoms with Crippen molar-refractivity contribution in [2.45, 2.75) is 26.9 Å². The Morgan fingerprint density at radius 2 is 1.73 bits per heavy atom. The third-order valence-corrected chi connectivity index (χ3v) is 1.43.